The van der Waals surface area contributed by atoms with Crippen LogP contribution in [0.15, 0.2) is 60.7 Å². The summed E-state index contributed by atoms with van der Waals surface area (Å²) in [5, 5.41) is 2.82. The SMILES string of the molecule is C=C(C)COc1ccc(NC(=O)COc2ccccc2C(C)C)cc1. The molecule has 4 heteroatoms. The summed E-state index contributed by atoms with van der Waals surface area (Å²) in [4.78, 5) is 12.1. The van der Waals surface area contributed by atoms with Crippen molar-refractivity contribution in [3.63, 3.8) is 0 Å². The summed E-state index contributed by atoms with van der Waals surface area (Å²) in [6.07, 6.45) is 0. The molecule has 0 saturated heterocycles. The molecule has 0 spiro atoms. The molecule has 1 N–H and O–H groups in total. The minimum absolute atomic E-state index is 0.0301. The number of amides is 1. The Labute approximate surface area is 149 Å². The van der Waals surface area contributed by atoms with Crippen molar-refractivity contribution in [3.8, 4) is 11.5 Å². The minimum Gasteiger partial charge on any atom is -0.489 e. The average Bonchev–Trinajstić information content (AvgIpc) is 2.59. The van der Waals surface area contributed by atoms with E-state index >= 15 is 0 Å². The van der Waals surface area contributed by atoms with Gasteiger partial charge in [-0.2, -0.15) is 0 Å². The van der Waals surface area contributed by atoms with Gasteiger partial charge in [-0.05, 0) is 54.3 Å². The fraction of sp³-hybridized carbons (Fsp3) is 0.286. The third kappa shape index (κ3) is 5.99. The minimum atomic E-state index is -0.200. The van der Waals surface area contributed by atoms with Crippen LogP contribution in [0.2, 0.25) is 0 Å². The lowest BCUT2D eigenvalue weighted by Gasteiger charge is -2.14. The van der Waals surface area contributed by atoms with Crippen molar-refractivity contribution in [1.29, 1.82) is 0 Å². The molecule has 0 aliphatic carbocycles. The average molecular weight is 339 g/mol. The zero-order valence-corrected chi connectivity index (χ0v) is 15.0. The summed E-state index contributed by atoms with van der Waals surface area (Å²) in [7, 11) is 0. The number of nitrogens with one attached hydrogen (secondary N) is 1. The monoisotopic (exact) mass is 339 g/mol. The molecule has 1 amide bonds. The molecule has 0 bridgehead atoms. The van der Waals surface area contributed by atoms with Crippen LogP contribution in [0.1, 0.15) is 32.3 Å². The van der Waals surface area contributed by atoms with Crippen LogP contribution in [-0.4, -0.2) is 19.1 Å². The Kier molecular flexibility index (Phi) is 6.63. The Balaban J connectivity index is 1.87. The molecule has 2 rings (SSSR count). The van der Waals surface area contributed by atoms with E-state index in [0.717, 1.165) is 22.6 Å². The Morgan fingerprint density at radius 2 is 1.72 bits per heavy atom. The number of carbonyl (C=O) groups is 1. The van der Waals surface area contributed by atoms with Gasteiger partial charge in [0.2, 0.25) is 0 Å². The number of para-hydroxylation sites is 1. The van der Waals surface area contributed by atoms with E-state index in [9.17, 15) is 4.79 Å². The van der Waals surface area contributed by atoms with Crippen LogP contribution in [-0.2, 0) is 4.79 Å². The summed E-state index contributed by atoms with van der Waals surface area (Å²) in [5.41, 5.74) is 2.75. The van der Waals surface area contributed by atoms with Crippen molar-refractivity contribution in [1.82, 2.24) is 0 Å². The van der Waals surface area contributed by atoms with Crippen LogP contribution in [0, 0.1) is 0 Å². The largest absolute Gasteiger partial charge is 0.489 e. The van der Waals surface area contributed by atoms with Crippen molar-refractivity contribution < 1.29 is 14.3 Å². The first-order valence-corrected chi connectivity index (χ1v) is 8.34. The number of anilines is 1. The van der Waals surface area contributed by atoms with Crippen LogP contribution < -0.4 is 14.8 Å². The molecule has 0 saturated carbocycles. The summed E-state index contributed by atoms with van der Waals surface area (Å²) in [6.45, 7) is 10.3. The number of ether oxygens (including phenoxy) is 2. The molecule has 0 aliphatic rings. The quantitative estimate of drug-likeness (QED) is 0.704. The van der Waals surface area contributed by atoms with Gasteiger partial charge in [-0.1, -0.05) is 38.6 Å². The maximum absolute atomic E-state index is 12.1. The molecule has 132 valence electrons. The summed E-state index contributed by atoms with van der Waals surface area (Å²) in [6, 6.07) is 15.0. The Hall–Kier alpha value is -2.75. The fourth-order valence-electron chi connectivity index (χ4n) is 2.27. The van der Waals surface area contributed by atoms with Gasteiger partial charge < -0.3 is 14.8 Å². The second kappa shape index (κ2) is 8.92. The van der Waals surface area contributed by atoms with Gasteiger partial charge in [-0.3, -0.25) is 4.79 Å². The lowest BCUT2D eigenvalue weighted by molar-refractivity contribution is -0.118. The van der Waals surface area contributed by atoms with E-state index in [4.69, 9.17) is 9.47 Å². The lowest BCUT2D eigenvalue weighted by Crippen LogP contribution is -2.20. The molecule has 2 aromatic rings. The molecule has 0 atom stereocenters. The van der Waals surface area contributed by atoms with Gasteiger partial charge in [0, 0.05) is 5.69 Å². The number of rotatable bonds is 8. The molecule has 0 unspecified atom stereocenters. The van der Waals surface area contributed by atoms with Crippen LogP contribution in [0.4, 0.5) is 5.69 Å². The van der Waals surface area contributed by atoms with E-state index in [0.29, 0.717) is 18.2 Å². The first-order chi connectivity index (χ1) is 12.0. The van der Waals surface area contributed by atoms with E-state index < -0.39 is 0 Å². The van der Waals surface area contributed by atoms with E-state index in [1.54, 1.807) is 12.1 Å². The predicted molar refractivity (Wildman–Crippen MR) is 101 cm³/mol. The second-order valence-electron chi connectivity index (χ2n) is 6.30. The summed E-state index contributed by atoms with van der Waals surface area (Å²) >= 11 is 0. The van der Waals surface area contributed by atoms with Gasteiger partial charge in [0.05, 0.1) is 0 Å². The van der Waals surface area contributed by atoms with Gasteiger partial charge in [-0.25, -0.2) is 0 Å². The van der Waals surface area contributed by atoms with Crippen LogP contribution in [0.25, 0.3) is 0 Å². The number of carbonyl (C=O) groups excluding carboxylic acids is 1. The first-order valence-electron chi connectivity index (χ1n) is 8.34. The molecular formula is C21H25NO3. The number of hydrogen-bond donors (Lipinski definition) is 1. The highest BCUT2D eigenvalue weighted by Crippen LogP contribution is 2.25. The van der Waals surface area contributed by atoms with E-state index in [-0.39, 0.29) is 12.5 Å². The topological polar surface area (TPSA) is 47.6 Å². The van der Waals surface area contributed by atoms with Gasteiger partial charge in [0.1, 0.15) is 18.1 Å². The van der Waals surface area contributed by atoms with Crippen LogP contribution in [0.5, 0.6) is 11.5 Å². The zero-order chi connectivity index (χ0) is 18.2. The molecule has 0 fully saturated rings. The molecule has 25 heavy (non-hydrogen) atoms. The molecule has 0 aliphatic heterocycles. The first kappa shape index (κ1) is 18.6. The highest BCUT2D eigenvalue weighted by atomic mass is 16.5. The Morgan fingerprint density at radius 1 is 1.04 bits per heavy atom. The van der Waals surface area contributed by atoms with Crippen molar-refractivity contribution in [3.05, 3.63) is 66.2 Å². The van der Waals surface area contributed by atoms with Crippen molar-refractivity contribution >= 4 is 11.6 Å². The molecular weight excluding hydrogens is 314 g/mol. The van der Waals surface area contributed by atoms with Gasteiger partial charge in [0.25, 0.3) is 5.91 Å². The molecule has 0 heterocycles. The highest BCUT2D eigenvalue weighted by Gasteiger charge is 2.09. The summed E-state index contributed by atoms with van der Waals surface area (Å²) < 4.78 is 11.2. The number of hydrogen-bond acceptors (Lipinski definition) is 3. The molecule has 0 aromatic heterocycles. The predicted octanol–water partition coefficient (Wildman–Crippen LogP) is 4.78. The highest BCUT2D eigenvalue weighted by molar-refractivity contribution is 5.91. The second-order valence-corrected chi connectivity index (χ2v) is 6.30. The standard InChI is InChI=1S/C21H25NO3/c1-15(2)13-24-18-11-9-17(10-12-18)22-21(23)14-25-20-8-6-5-7-19(20)16(3)4/h5-12,16H,1,13-14H2,2-4H3,(H,22,23). The lowest BCUT2D eigenvalue weighted by atomic mass is 10.0. The van der Waals surface area contributed by atoms with Crippen LogP contribution >= 0.6 is 0 Å². The maximum atomic E-state index is 12.1. The van der Waals surface area contributed by atoms with Gasteiger partial charge >= 0.3 is 0 Å². The van der Waals surface area contributed by atoms with Crippen molar-refractivity contribution in [2.24, 2.45) is 0 Å². The fourth-order valence-corrected chi connectivity index (χ4v) is 2.27. The van der Waals surface area contributed by atoms with Crippen molar-refractivity contribution in [2.75, 3.05) is 18.5 Å². The molecule has 4 nitrogen and oxygen atoms in total. The molecule has 2 aromatic carbocycles. The molecule has 0 radical (unpaired) electrons. The maximum Gasteiger partial charge on any atom is 0.262 e. The normalized spacial score (nSPS) is 10.4. The van der Waals surface area contributed by atoms with Gasteiger partial charge in [-0.15, -0.1) is 0 Å². The zero-order valence-electron chi connectivity index (χ0n) is 15.0. The Morgan fingerprint density at radius 3 is 2.36 bits per heavy atom. The Bertz CT molecular complexity index is 720. The van der Waals surface area contributed by atoms with E-state index in [1.807, 2.05) is 43.3 Å². The third-order valence-electron chi connectivity index (χ3n) is 3.52. The third-order valence-corrected chi connectivity index (χ3v) is 3.52. The smallest absolute Gasteiger partial charge is 0.262 e. The van der Waals surface area contributed by atoms with E-state index in [2.05, 4.69) is 25.7 Å². The van der Waals surface area contributed by atoms with E-state index in [1.165, 1.54) is 0 Å². The van der Waals surface area contributed by atoms with Gasteiger partial charge in [0.15, 0.2) is 6.61 Å². The number of benzene rings is 2. The summed E-state index contributed by atoms with van der Waals surface area (Å²) in [5.74, 6) is 1.62. The van der Waals surface area contributed by atoms with Crippen molar-refractivity contribution in [2.45, 2.75) is 26.7 Å². The van der Waals surface area contributed by atoms with Crippen LogP contribution in [0.3, 0.4) is 0 Å².